The van der Waals surface area contributed by atoms with Gasteiger partial charge in [0.1, 0.15) is 0 Å². The van der Waals surface area contributed by atoms with E-state index in [9.17, 15) is 14.7 Å². The molecule has 2 aliphatic rings. The molecule has 0 aromatic carbocycles. The van der Waals surface area contributed by atoms with Crippen LogP contribution in [0.2, 0.25) is 0 Å². The van der Waals surface area contributed by atoms with Gasteiger partial charge in [0.05, 0.1) is 5.41 Å². The zero-order valence-electron chi connectivity index (χ0n) is 12.9. The van der Waals surface area contributed by atoms with Gasteiger partial charge in [-0.3, -0.25) is 9.59 Å². The monoisotopic (exact) mass is 296 g/mol. The first-order valence-electron chi connectivity index (χ1n) is 8.19. The molecule has 0 saturated heterocycles. The lowest BCUT2D eigenvalue weighted by molar-refractivity contribution is -0.151. The number of carboxylic acid groups (broad SMARTS) is 1. The maximum absolute atomic E-state index is 12.3. The molecule has 0 aliphatic heterocycles. The summed E-state index contributed by atoms with van der Waals surface area (Å²) in [5, 5.41) is 12.5. The fourth-order valence-electron chi connectivity index (χ4n) is 3.65. The van der Waals surface area contributed by atoms with E-state index in [0.717, 1.165) is 38.5 Å². The van der Waals surface area contributed by atoms with Crippen LogP contribution in [0.15, 0.2) is 0 Å². The highest BCUT2D eigenvalue weighted by molar-refractivity contribution is 5.81. The largest absolute Gasteiger partial charge is 0.481 e. The number of hydrogen-bond donors (Lipinski definition) is 3. The van der Waals surface area contributed by atoms with Crippen molar-refractivity contribution in [1.82, 2.24) is 5.32 Å². The molecule has 2 atom stereocenters. The molecule has 0 spiro atoms. The van der Waals surface area contributed by atoms with Crippen molar-refractivity contribution < 1.29 is 14.7 Å². The molecule has 0 heterocycles. The highest BCUT2D eigenvalue weighted by Gasteiger charge is 2.41. The predicted molar refractivity (Wildman–Crippen MR) is 80.6 cm³/mol. The minimum Gasteiger partial charge on any atom is -0.481 e. The molecule has 0 aromatic heterocycles. The Morgan fingerprint density at radius 2 is 1.90 bits per heavy atom. The van der Waals surface area contributed by atoms with Crippen LogP contribution in [0.5, 0.6) is 0 Å². The van der Waals surface area contributed by atoms with Crippen molar-refractivity contribution in [1.29, 1.82) is 0 Å². The van der Waals surface area contributed by atoms with Crippen LogP contribution in [0.3, 0.4) is 0 Å². The zero-order chi connectivity index (χ0) is 15.5. The number of amides is 1. The Hall–Kier alpha value is -1.10. The lowest BCUT2D eigenvalue weighted by Gasteiger charge is -2.36. The predicted octanol–water partition coefficient (Wildman–Crippen LogP) is 1.90. The zero-order valence-corrected chi connectivity index (χ0v) is 12.9. The van der Waals surface area contributed by atoms with Gasteiger partial charge in [-0.05, 0) is 50.9 Å². The fraction of sp³-hybridized carbons (Fsp3) is 0.875. The van der Waals surface area contributed by atoms with E-state index < -0.39 is 11.4 Å². The van der Waals surface area contributed by atoms with Crippen LogP contribution in [0.4, 0.5) is 0 Å². The topological polar surface area (TPSA) is 92.4 Å². The van der Waals surface area contributed by atoms with E-state index in [4.69, 9.17) is 5.73 Å². The van der Waals surface area contributed by atoms with Gasteiger partial charge in [-0.2, -0.15) is 0 Å². The molecule has 0 bridgehead atoms. The van der Waals surface area contributed by atoms with Gasteiger partial charge in [0.15, 0.2) is 0 Å². The van der Waals surface area contributed by atoms with Crippen LogP contribution < -0.4 is 11.1 Å². The Morgan fingerprint density at radius 3 is 2.48 bits per heavy atom. The second-order valence-electron chi connectivity index (χ2n) is 7.11. The summed E-state index contributed by atoms with van der Waals surface area (Å²) in [7, 11) is 0. The van der Waals surface area contributed by atoms with Crippen LogP contribution >= 0.6 is 0 Å². The standard InChI is InChI=1S/C16H28N2O3/c1-11-5-7-16(8-6-11,15(20)21)10-18-14(19)12-3-2-4-13(17)9-12/h11-13H,2-10,17H2,1H3,(H,18,19)(H,20,21). The molecule has 5 heteroatoms. The van der Waals surface area contributed by atoms with E-state index in [1.807, 2.05) is 0 Å². The smallest absolute Gasteiger partial charge is 0.311 e. The quantitative estimate of drug-likeness (QED) is 0.738. The molecule has 21 heavy (non-hydrogen) atoms. The SMILES string of the molecule is CC1CCC(CNC(=O)C2CCCC(N)C2)(C(=O)O)CC1. The number of carboxylic acids is 1. The maximum atomic E-state index is 12.3. The first-order valence-corrected chi connectivity index (χ1v) is 8.19. The second kappa shape index (κ2) is 6.77. The molecule has 4 N–H and O–H groups in total. The fourth-order valence-corrected chi connectivity index (χ4v) is 3.65. The highest BCUT2D eigenvalue weighted by atomic mass is 16.4. The van der Waals surface area contributed by atoms with Crippen LogP contribution in [-0.2, 0) is 9.59 Å². The molecular formula is C16H28N2O3. The van der Waals surface area contributed by atoms with Crippen LogP contribution in [0.1, 0.15) is 58.3 Å². The second-order valence-corrected chi connectivity index (χ2v) is 7.11. The summed E-state index contributed by atoms with van der Waals surface area (Å²) in [6, 6.07) is 0.110. The molecule has 0 aromatic rings. The molecule has 5 nitrogen and oxygen atoms in total. The number of carbonyl (C=O) groups excluding carboxylic acids is 1. The minimum absolute atomic E-state index is 0.00982. The Morgan fingerprint density at radius 1 is 1.24 bits per heavy atom. The Labute approximate surface area is 126 Å². The van der Waals surface area contributed by atoms with Crippen molar-refractivity contribution >= 4 is 11.9 Å². The third-order valence-electron chi connectivity index (χ3n) is 5.37. The summed E-state index contributed by atoms with van der Waals surface area (Å²) in [4.78, 5) is 23.9. The van der Waals surface area contributed by atoms with Gasteiger partial charge in [0.2, 0.25) is 5.91 Å². The number of nitrogens with one attached hydrogen (secondary N) is 1. The van der Waals surface area contributed by atoms with Crippen molar-refractivity contribution in [3.8, 4) is 0 Å². The maximum Gasteiger partial charge on any atom is 0.311 e. The summed E-state index contributed by atoms with van der Waals surface area (Å²) in [5.41, 5.74) is 5.15. The Bertz CT molecular complexity index is 389. The van der Waals surface area contributed by atoms with Crippen LogP contribution in [0, 0.1) is 17.3 Å². The normalized spacial score (nSPS) is 37.0. The van der Waals surface area contributed by atoms with Gasteiger partial charge >= 0.3 is 5.97 Å². The van der Waals surface area contributed by atoms with Gasteiger partial charge < -0.3 is 16.2 Å². The summed E-state index contributed by atoms with van der Waals surface area (Å²) in [5.74, 6) is -0.230. The number of nitrogens with two attached hydrogens (primary N) is 1. The molecule has 2 rings (SSSR count). The Balaban J connectivity index is 1.90. The van der Waals surface area contributed by atoms with E-state index in [2.05, 4.69) is 12.2 Å². The molecule has 2 saturated carbocycles. The van der Waals surface area contributed by atoms with Gasteiger partial charge in [0, 0.05) is 18.5 Å². The van der Waals surface area contributed by atoms with E-state index >= 15 is 0 Å². The minimum atomic E-state index is -0.768. The number of rotatable bonds is 4. The average molecular weight is 296 g/mol. The molecule has 2 aliphatic carbocycles. The summed E-state index contributed by atoms with van der Waals surface area (Å²) in [6.45, 7) is 2.42. The summed E-state index contributed by atoms with van der Waals surface area (Å²) in [6.07, 6.45) is 6.75. The first-order chi connectivity index (χ1) is 9.93. The Kier molecular flexibility index (Phi) is 5.25. The van der Waals surface area contributed by atoms with Crippen molar-refractivity contribution in [3.05, 3.63) is 0 Å². The summed E-state index contributed by atoms with van der Waals surface area (Å²) < 4.78 is 0. The van der Waals surface area contributed by atoms with Crippen molar-refractivity contribution in [2.75, 3.05) is 6.54 Å². The number of carbonyl (C=O) groups is 2. The molecular weight excluding hydrogens is 268 g/mol. The van der Waals surface area contributed by atoms with Gasteiger partial charge in [-0.15, -0.1) is 0 Å². The highest BCUT2D eigenvalue weighted by Crippen LogP contribution is 2.38. The van der Waals surface area contributed by atoms with E-state index in [0.29, 0.717) is 18.8 Å². The van der Waals surface area contributed by atoms with Crippen LogP contribution in [-0.4, -0.2) is 29.6 Å². The van der Waals surface area contributed by atoms with Crippen LogP contribution in [0.25, 0.3) is 0 Å². The number of aliphatic carboxylic acids is 1. The third-order valence-corrected chi connectivity index (χ3v) is 5.37. The molecule has 1 amide bonds. The van der Waals surface area contributed by atoms with E-state index in [1.54, 1.807) is 0 Å². The van der Waals surface area contributed by atoms with Crippen molar-refractivity contribution in [2.24, 2.45) is 23.0 Å². The average Bonchev–Trinajstić information content (AvgIpc) is 2.46. The summed E-state index contributed by atoms with van der Waals surface area (Å²) >= 11 is 0. The lowest BCUT2D eigenvalue weighted by atomic mass is 9.70. The molecule has 120 valence electrons. The van der Waals surface area contributed by atoms with E-state index in [-0.39, 0.29) is 24.4 Å². The van der Waals surface area contributed by atoms with Crippen molar-refractivity contribution in [2.45, 2.75) is 64.3 Å². The molecule has 2 unspecified atom stereocenters. The molecule has 2 fully saturated rings. The van der Waals surface area contributed by atoms with Gasteiger partial charge in [0.25, 0.3) is 0 Å². The van der Waals surface area contributed by atoms with Gasteiger partial charge in [-0.1, -0.05) is 13.3 Å². The lowest BCUT2D eigenvalue weighted by Crippen LogP contribution is -2.47. The number of hydrogen-bond acceptors (Lipinski definition) is 3. The van der Waals surface area contributed by atoms with Gasteiger partial charge in [-0.25, -0.2) is 0 Å². The van der Waals surface area contributed by atoms with Crippen molar-refractivity contribution in [3.63, 3.8) is 0 Å². The molecule has 0 radical (unpaired) electrons. The first kappa shape index (κ1) is 16.3. The van der Waals surface area contributed by atoms with E-state index in [1.165, 1.54) is 0 Å². The third kappa shape index (κ3) is 3.96.